The number of hydrogen-bond donors (Lipinski definition) is 1. The van der Waals surface area contributed by atoms with Crippen LogP contribution < -0.4 is 5.32 Å². The van der Waals surface area contributed by atoms with Crippen molar-refractivity contribution >= 4 is 11.4 Å². The number of nitro benzene ring substituents is 1. The van der Waals surface area contributed by atoms with Crippen LogP contribution in [0.5, 0.6) is 0 Å². The highest BCUT2D eigenvalue weighted by Crippen LogP contribution is 2.20. The van der Waals surface area contributed by atoms with E-state index in [0.29, 0.717) is 6.04 Å². The molecule has 23 heavy (non-hydrogen) atoms. The van der Waals surface area contributed by atoms with Gasteiger partial charge < -0.3 is 5.32 Å². The minimum atomic E-state index is -0.369. The molecule has 0 aromatic heterocycles. The van der Waals surface area contributed by atoms with Gasteiger partial charge in [-0.1, -0.05) is 30.3 Å². The van der Waals surface area contributed by atoms with E-state index in [4.69, 9.17) is 0 Å². The lowest BCUT2D eigenvalue weighted by Gasteiger charge is -2.32. The first-order valence-corrected chi connectivity index (χ1v) is 7.98. The summed E-state index contributed by atoms with van der Waals surface area (Å²) in [5.41, 5.74) is 2.44. The molecule has 2 aromatic carbocycles. The van der Waals surface area contributed by atoms with Crippen molar-refractivity contribution < 1.29 is 4.92 Å². The molecule has 1 aliphatic rings. The minimum Gasteiger partial charge on any atom is -0.382 e. The third-order valence-corrected chi connectivity index (χ3v) is 4.29. The maximum absolute atomic E-state index is 10.7. The summed E-state index contributed by atoms with van der Waals surface area (Å²) in [5, 5.41) is 14.2. The van der Waals surface area contributed by atoms with Crippen LogP contribution in [0.4, 0.5) is 11.4 Å². The maximum Gasteiger partial charge on any atom is 0.269 e. The van der Waals surface area contributed by atoms with Crippen molar-refractivity contribution in [1.29, 1.82) is 0 Å². The molecule has 0 amide bonds. The topological polar surface area (TPSA) is 58.4 Å². The molecule has 1 N–H and O–H groups in total. The molecule has 5 nitrogen and oxygen atoms in total. The van der Waals surface area contributed by atoms with E-state index in [1.807, 2.05) is 6.07 Å². The van der Waals surface area contributed by atoms with E-state index in [2.05, 4.69) is 34.5 Å². The van der Waals surface area contributed by atoms with E-state index in [1.165, 1.54) is 5.56 Å². The van der Waals surface area contributed by atoms with Crippen molar-refractivity contribution in [2.45, 2.75) is 25.4 Å². The van der Waals surface area contributed by atoms with Gasteiger partial charge in [0.05, 0.1) is 4.92 Å². The molecule has 1 heterocycles. The Bertz CT molecular complexity index is 635. The normalized spacial score (nSPS) is 16.2. The molecule has 1 saturated heterocycles. The van der Waals surface area contributed by atoms with Gasteiger partial charge in [0.1, 0.15) is 0 Å². The van der Waals surface area contributed by atoms with Gasteiger partial charge >= 0.3 is 0 Å². The van der Waals surface area contributed by atoms with Gasteiger partial charge in [-0.15, -0.1) is 0 Å². The lowest BCUT2D eigenvalue weighted by Crippen LogP contribution is -2.38. The second-order valence-electron chi connectivity index (χ2n) is 5.98. The number of rotatable bonds is 5. The number of anilines is 1. The maximum atomic E-state index is 10.7. The molecule has 0 spiro atoms. The first-order valence-electron chi connectivity index (χ1n) is 7.98. The van der Waals surface area contributed by atoms with Crippen LogP contribution in [0, 0.1) is 10.1 Å². The fourth-order valence-corrected chi connectivity index (χ4v) is 2.99. The Labute approximate surface area is 136 Å². The Kier molecular flexibility index (Phi) is 4.88. The zero-order valence-electron chi connectivity index (χ0n) is 13.0. The van der Waals surface area contributed by atoms with Gasteiger partial charge in [-0.3, -0.25) is 15.0 Å². The van der Waals surface area contributed by atoms with Gasteiger partial charge in [0.15, 0.2) is 0 Å². The molecular weight excluding hydrogens is 290 g/mol. The molecule has 3 rings (SSSR count). The zero-order valence-corrected chi connectivity index (χ0v) is 13.0. The van der Waals surface area contributed by atoms with Crippen LogP contribution in [0.3, 0.4) is 0 Å². The van der Waals surface area contributed by atoms with E-state index in [-0.39, 0.29) is 10.6 Å². The van der Waals surface area contributed by atoms with Gasteiger partial charge in [-0.25, -0.2) is 0 Å². The molecule has 2 aromatic rings. The molecule has 120 valence electrons. The molecule has 0 aliphatic carbocycles. The summed E-state index contributed by atoms with van der Waals surface area (Å²) in [6.45, 7) is 3.14. The number of non-ortho nitro benzene ring substituents is 1. The van der Waals surface area contributed by atoms with Crippen molar-refractivity contribution in [3.8, 4) is 0 Å². The van der Waals surface area contributed by atoms with Crippen LogP contribution in [-0.2, 0) is 6.54 Å². The zero-order chi connectivity index (χ0) is 16.1. The monoisotopic (exact) mass is 311 g/mol. The van der Waals surface area contributed by atoms with Crippen molar-refractivity contribution in [2.75, 3.05) is 18.4 Å². The fraction of sp³-hybridized carbons (Fsp3) is 0.333. The summed E-state index contributed by atoms with van der Waals surface area (Å²) >= 11 is 0. The highest BCUT2D eigenvalue weighted by molar-refractivity contribution is 5.49. The third kappa shape index (κ3) is 4.29. The smallest absolute Gasteiger partial charge is 0.269 e. The number of likely N-dealkylation sites (tertiary alicyclic amines) is 1. The first-order chi connectivity index (χ1) is 11.2. The van der Waals surface area contributed by atoms with E-state index in [0.717, 1.165) is 38.2 Å². The van der Waals surface area contributed by atoms with Crippen molar-refractivity contribution in [3.63, 3.8) is 0 Å². The Morgan fingerprint density at radius 2 is 1.70 bits per heavy atom. The van der Waals surface area contributed by atoms with Crippen molar-refractivity contribution in [2.24, 2.45) is 0 Å². The van der Waals surface area contributed by atoms with Crippen LogP contribution in [0.15, 0.2) is 54.6 Å². The number of piperidine rings is 1. The summed E-state index contributed by atoms with van der Waals surface area (Å²) in [6, 6.07) is 17.6. The molecular formula is C18H21N3O2. The molecule has 0 radical (unpaired) electrons. The van der Waals surface area contributed by atoms with Crippen molar-refractivity contribution in [1.82, 2.24) is 4.90 Å². The summed E-state index contributed by atoms with van der Waals surface area (Å²) in [6.07, 6.45) is 2.17. The van der Waals surface area contributed by atoms with E-state index < -0.39 is 0 Å². The molecule has 0 saturated carbocycles. The predicted octanol–water partition coefficient (Wildman–Crippen LogP) is 3.67. The van der Waals surface area contributed by atoms with E-state index >= 15 is 0 Å². The number of benzene rings is 2. The number of nitrogens with zero attached hydrogens (tertiary/aromatic N) is 2. The lowest BCUT2D eigenvalue weighted by atomic mass is 10.0. The van der Waals surface area contributed by atoms with Gasteiger partial charge in [0, 0.05) is 43.5 Å². The minimum absolute atomic E-state index is 0.133. The summed E-state index contributed by atoms with van der Waals surface area (Å²) < 4.78 is 0. The molecule has 5 heteroatoms. The molecule has 0 atom stereocenters. The summed E-state index contributed by atoms with van der Waals surface area (Å²) in [7, 11) is 0. The second-order valence-corrected chi connectivity index (χ2v) is 5.98. The van der Waals surface area contributed by atoms with Crippen LogP contribution >= 0.6 is 0 Å². The van der Waals surface area contributed by atoms with Crippen LogP contribution in [0.2, 0.25) is 0 Å². The van der Waals surface area contributed by atoms with Crippen molar-refractivity contribution in [3.05, 3.63) is 70.3 Å². The third-order valence-electron chi connectivity index (χ3n) is 4.29. The van der Waals surface area contributed by atoms with Gasteiger partial charge in [0.25, 0.3) is 5.69 Å². The first kappa shape index (κ1) is 15.5. The Balaban J connectivity index is 1.48. The SMILES string of the molecule is O=[N+]([O-])c1ccc(NC2CCN(Cc3ccccc3)CC2)cc1. The van der Waals surface area contributed by atoms with Gasteiger partial charge in [-0.2, -0.15) is 0 Å². The second kappa shape index (κ2) is 7.24. The van der Waals surface area contributed by atoms with E-state index in [1.54, 1.807) is 24.3 Å². The average molecular weight is 311 g/mol. The van der Waals surface area contributed by atoms with Gasteiger partial charge in [0.2, 0.25) is 0 Å². The summed E-state index contributed by atoms with van der Waals surface area (Å²) in [4.78, 5) is 12.8. The number of hydrogen-bond acceptors (Lipinski definition) is 4. The van der Waals surface area contributed by atoms with Crippen LogP contribution in [-0.4, -0.2) is 29.0 Å². The molecule has 0 bridgehead atoms. The predicted molar refractivity (Wildman–Crippen MR) is 91.5 cm³/mol. The molecule has 1 aliphatic heterocycles. The fourth-order valence-electron chi connectivity index (χ4n) is 2.99. The van der Waals surface area contributed by atoms with Crippen LogP contribution in [0.1, 0.15) is 18.4 Å². The Morgan fingerprint density at radius 1 is 1.04 bits per heavy atom. The average Bonchev–Trinajstić information content (AvgIpc) is 2.58. The highest BCUT2D eigenvalue weighted by Gasteiger charge is 2.19. The Hall–Kier alpha value is -2.40. The molecule has 1 fully saturated rings. The summed E-state index contributed by atoms with van der Waals surface area (Å²) in [5.74, 6) is 0. The Morgan fingerprint density at radius 3 is 2.30 bits per heavy atom. The van der Waals surface area contributed by atoms with Crippen LogP contribution in [0.25, 0.3) is 0 Å². The van der Waals surface area contributed by atoms with E-state index in [9.17, 15) is 10.1 Å². The van der Waals surface area contributed by atoms with Gasteiger partial charge in [-0.05, 0) is 30.5 Å². The highest BCUT2D eigenvalue weighted by atomic mass is 16.6. The number of nitrogens with one attached hydrogen (secondary N) is 1. The number of nitro groups is 1. The standard InChI is InChI=1S/C18H21N3O2/c22-21(23)18-8-6-16(7-9-18)19-17-10-12-20(13-11-17)14-15-4-2-1-3-5-15/h1-9,17,19H,10-14H2. The lowest BCUT2D eigenvalue weighted by molar-refractivity contribution is -0.384. The largest absolute Gasteiger partial charge is 0.382 e. The molecule has 0 unspecified atom stereocenters. The quantitative estimate of drug-likeness (QED) is 0.676.